The third-order valence-corrected chi connectivity index (χ3v) is 4.13. The van der Waals surface area contributed by atoms with Gasteiger partial charge in [0.2, 0.25) is 5.91 Å². The number of aliphatic hydroxyl groups excluding tert-OH is 1. The van der Waals surface area contributed by atoms with Crippen LogP contribution in [0.2, 0.25) is 0 Å². The van der Waals surface area contributed by atoms with Crippen LogP contribution >= 0.6 is 0 Å². The van der Waals surface area contributed by atoms with E-state index >= 15 is 0 Å². The largest absolute Gasteiger partial charge is 0.396 e. The Bertz CT molecular complexity index is 535. The van der Waals surface area contributed by atoms with Crippen molar-refractivity contribution >= 4 is 17.5 Å². The lowest BCUT2D eigenvalue weighted by atomic mass is 10.00. The third-order valence-electron chi connectivity index (χ3n) is 4.13. The van der Waals surface area contributed by atoms with Crippen molar-refractivity contribution in [3.8, 4) is 0 Å². The van der Waals surface area contributed by atoms with Gasteiger partial charge in [-0.05, 0) is 49.8 Å². The molecular formula is C18H26N2O3. The van der Waals surface area contributed by atoms with Crippen LogP contribution in [-0.2, 0) is 4.79 Å². The van der Waals surface area contributed by atoms with E-state index in [0.29, 0.717) is 30.1 Å². The molecule has 0 aliphatic heterocycles. The number of carbonyl (C=O) groups is 2. The van der Waals surface area contributed by atoms with Gasteiger partial charge in [-0.2, -0.15) is 0 Å². The van der Waals surface area contributed by atoms with E-state index in [0.717, 1.165) is 25.7 Å². The van der Waals surface area contributed by atoms with Gasteiger partial charge in [-0.1, -0.05) is 19.4 Å². The van der Waals surface area contributed by atoms with Crippen molar-refractivity contribution < 1.29 is 14.7 Å². The molecule has 3 N–H and O–H groups in total. The van der Waals surface area contributed by atoms with E-state index < -0.39 is 0 Å². The van der Waals surface area contributed by atoms with Gasteiger partial charge in [0.05, 0.1) is 0 Å². The minimum absolute atomic E-state index is 0.0357. The molecule has 0 saturated heterocycles. The molecule has 1 aliphatic rings. The van der Waals surface area contributed by atoms with Crippen molar-refractivity contribution in [2.75, 3.05) is 18.5 Å². The van der Waals surface area contributed by atoms with E-state index in [1.165, 1.54) is 0 Å². The maximum absolute atomic E-state index is 12.3. The molecule has 23 heavy (non-hydrogen) atoms. The van der Waals surface area contributed by atoms with Crippen molar-refractivity contribution in [1.82, 2.24) is 5.32 Å². The average Bonchev–Trinajstić information content (AvgIpc) is 3.38. The van der Waals surface area contributed by atoms with E-state index in [2.05, 4.69) is 17.6 Å². The van der Waals surface area contributed by atoms with Gasteiger partial charge in [-0.15, -0.1) is 0 Å². The summed E-state index contributed by atoms with van der Waals surface area (Å²) in [7, 11) is 0. The quantitative estimate of drug-likeness (QED) is 0.655. The van der Waals surface area contributed by atoms with Crippen molar-refractivity contribution in [3.05, 3.63) is 29.8 Å². The Morgan fingerprint density at radius 3 is 2.74 bits per heavy atom. The zero-order chi connectivity index (χ0) is 16.7. The van der Waals surface area contributed by atoms with Crippen LogP contribution in [0.15, 0.2) is 24.3 Å². The van der Waals surface area contributed by atoms with Gasteiger partial charge in [0.25, 0.3) is 5.91 Å². The first-order chi connectivity index (χ1) is 11.1. The number of carbonyl (C=O) groups excluding carboxylic acids is 2. The van der Waals surface area contributed by atoms with E-state index in [1.807, 2.05) is 0 Å². The first-order valence-corrected chi connectivity index (χ1v) is 8.44. The van der Waals surface area contributed by atoms with E-state index in [9.17, 15) is 9.59 Å². The van der Waals surface area contributed by atoms with E-state index in [1.54, 1.807) is 24.3 Å². The number of amides is 2. The summed E-state index contributed by atoms with van der Waals surface area (Å²) in [6.07, 6.45) is 4.62. The van der Waals surface area contributed by atoms with Crippen LogP contribution < -0.4 is 10.6 Å². The van der Waals surface area contributed by atoms with Gasteiger partial charge in [-0.3, -0.25) is 9.59 Å². The van der Waals surface area contributed by atoms with Crippen LogP contribution in [0.4, 0.5) is 5.69 Å². The molecule has 1 saturated carbocycles. The lowest BCUT2D eigenvalue weighted by molar-refractivity contribution is -0.117. The fourth-order valence-corrected chi connectivity index (χ4v) is 2.61. The molecule has 1 aliphatic carbocycles. The topological polar surface area (TPSA) is 78.4 Å². The highest BCUT2D eigenvalue weighted by molar-refractivity contribution is 5.98. The van der Waals surface area contributed by atoms with Crippen LogP contribution in [-0.4, -0.2) is 30.1 Å². The molecule has 126 valence electrons. The van der Waals surface area contributed by atoms with E-state index in [4.69, 9.17) is 5.11 Å². The van der Waals surface area contributed by atoms with Crippen molar-refractivity contribution in [1.29, 1.82) is 0 Å². The number of hydrogen-bond acceptors (Lipinski definition) is 3. The number of rotatable bonds is 9. The fraction of sp³-hybridized carbons (Fsp3) is 0.556. The van der Waals surface area contributed by atoms with E-state index in [-0.39, 0.29) is 24.3 Å². The van der Waals surface area contributed by atoms with Crippen LogP contribution in [0.5, 0.6) is 0 Å². The zero-order valence-electron chi connectivity index (χ0n) is 13.7. The van der Waals surface area contributed by atoms with Gasteiger partial charge in [0.15, 0.2) is 0 Å². The van der Waals surface area contributed by atoms with Crippen molar-refractivity contribution in [2.45, 2.75) is 39.0 Å². The van der Waals surface area contributed by atoms with Gasteiger partial charge in [-0.25, -0.2) is 0 Å². The minimum Gasteiger partial charge on any atom is -0.396 e. The van der Waals surface area contributed by atoms with Crippen LogP contribution in [0.25, 0.3) is 0 Å². The number of aliphatic hydroxyl groups is 1. The average molecular weight is 318 g/mol. The molecule has 0 aromatic heterocycles. The molecule has 5 heteroatoms. The predicted molar refractivity (Wildman–Crippen MR) is 90.2 cm³/mol. The van der Waals surface area contributed by atoms with Crippen molar-refractivity contribution in [3.63, 3.8) is 0 Å². The maximum Gasteiger partial charge on any atom is 0.251 e. The molecule has 1 aromatic carbocycles. The normalized spacial score (nSPS) is 15.0. The summed E-state index contributed by atoms with van der Waals surface area (Å²) in [4.78, 5) is 24.0. The van der Waals surface area contributed by atoms with Crippen LogP contribution in [0.3, 0.4) is 0 Å². The predicted octanol–water partition coefficient (Wildman–Crippen LogP) is 2.56. The summed E-state index contributed by atoms with van der Waals surface area (Å²) in [5.41, 5.74) is 1.20. The van der Waals surface area contributed by atoms with Gasteiger partial charge >= 0.3 is 0 Å². The lowest BCUT2D eigenvalue weighted by Gasteiger charge is -2.16. The van der Waals surface area contributed by atoms with Crippen LogP contribution in [0.1, 0.15) is 49.4 Å². The first-order valence-electron chi connectivity index (χ1n) is 8.44. The van der Waals surface area contributed by atoms with Crippen molar-refractivity contribution in [2.24, 2.45) is 11.8 Å². The number of nitrogens with one attached hydrogen (secondary N) is 2. The fourth-order valence-electron chi connectivity index (χ4n) is 2.61. The van der Waals surface area contributed by atoms with Crippen LogP contribution in [0, 0.1) is 11.8 Å². The summed E-state index contributed by atoms with van der Waals surface area (Å²) in [5, 5.41) is 14.8. The molecule has 1 unspecified atom stereocenters. The number of benzene rings is 1. The Morgan fingerprint density at radius 2 is 2.09 bits per heavy atom. The highest BCUT2D eigenvalue weighted by atomic mass is 16.3. The molecule has 2 rings (SSSR count). The Morgan fingerprint density at radius 1 is 1.30 bits per heavy atom. The molecule has 1 atom stereocenters. The number of anilines is 1. The zero-order valence-corrected chi connectivity index (χ0v) is 13.7. The summed E-state index contributed by atoms with van der Waals surface area (Å²) in [6, 6.07) is 7.01. The molecule has 5 nitrogen and oxygen atoms in total. The Balaban J connectivity index is 1.89. The lowest BCUT2D eigenvalue weighted by Crippen LogP contribution is -2.29. The number of hydrogen-bond donors (Lipinski definition) is 3. The summed E-state index contributed by atoms with van der Waals surface area (Å²) in [6.45, 7) is 2.80. The molecule has 1 aromatic rings. The van der Waals surface area contributed by atoms with Gasteiger partial charge in [0.1, 0.15) is 0 Å². The second-order valence-electron chi connectivity index (χ2n) is 6.22. The molecule has 0 heterocycles. The molecule has 0 spiro atoms. The monoisotopic (exact) mass is 318 g/mol. The Labute approximate surface area is 137 Å². The Hall–Kier alpha value is -1.88. The summed E-state index contributed by atoms with van der Waals surface area (Å²) < 4.78 is 0. The smallest absolute Gasteiger partial charge is 0.251 e. The molecule has 0 bridgehead atoms. The molecule has 2 amide bonds. The summed E-state index contributed by atoms with van der Waals surface area (Å²) >= 11 is 0. The first kappa shape index (κ1) is 17.5. The molecular weight excluding hydrogens is 292 g/mol. The minimum atomic E-state index is -0.147. The van der Waals surface area contributed by atoms with Gasteiger partial charge < -0.3 is 15.7 Å². The molecule has 0 radical (unpaired) electrons. The second-order valence-corrected chi connectivity index (χ2v) is 6.22. The Kier molecular flexibility index (Phi) is 6.59. The maximum atomic E-state index is 12.3. The highest BCUT2D eigenvalue weighted by Gasteiger charge is 2.29. The van der Waals surface area contributed by atoms with Gasteiger partial charge in [0, 0.05) is 30.3 Å². The third kappa shape index (κ3) is 5.67. The molecule has 1 fully saturated rings. The summed E-state index contributed by atoms with van der Waals surface area (Å²) in [5.74, 6) is 0.326. The highest BCUT2D eigenvalue weighted by Crippen LogP contribution is 2.30. The second kappa shape index (κ2) is 8.67. The SMILES string of the molecule is CCCC(CCO)CNC(=O)c1cccc(NC(=O)C2CC2)c1. The standard InChI is InChI=1S/C18H26N2O3/c1-2-4-13(9-10-21)12-19-17(22)15-5-3-6-16(11-15)20-18(23)14-7-8-14/h3,5-6,11,13-14,21H,2,4,7-10,12H2,1H3,(H,19,22)(H,20,23).